The van der Waals surface area contributed by atoms with Crippen molar-refractivity contribution in [3.8, 4) is 0 Å². The molecule has 0 aliphatic heterocycles. The maximum Gasteiger partial charge on any atom is 0.243 e. The molecule has 1 rings (SSSR count). The highest BCUT2D eigenvalue weighted by atomic mass is 32.2. The summed E-state index contributed by atoms with van der Waals surface area (Å²) in [6, 6.07) is 6.52. The maximum absolute atomic E-state index is 13.1. The Morgan fingerprint density at radius 1 is 1.38 bits per heavy atom. The van der Waals surface area contributed by atoms with Crippen molar-refractivity contribution in [2.45, 2.75) is 25.2 Å². The number of allylic oxidation sites excluding steroid dienone is 1. The molecule has 1 aromatic rings. The Hall–Kier alpha value is -1.46. The number of halogens is 1. The Labute approximate surface area is 126 Å². The van der Waals surface area contributed by atoms with Gasteiger partial charge >= 0.3 is 0 Å². The average molecular weight is 311 g/mol. The van der Waals surface area contributed by atoms with Crippen molar-refractivity contribution in [2.75, 3.05) is 13.1 Å². The van der Waals surface area contributed by atoms with Gasteiger partial charge in [-0.3, -0.25) is 0 Å². The zero-order chi connectivity index (χ0) is 16.0. The standard InChI is InChI=1S/C16H22FNO2S/c1-5-13(2)10-11-18(12-15(4)17)21(19,20)16-8-6-14(3)7-9-16/h5-9,13H,1,4,10-12H2,2-3H3. The molecule has 1 atom stereocenters. The molecule has 0 spiro atoms. The predicted molar refractivity (Wildman–Crippen MR) is 84.2 cm³/mol. The van der Waals surface area contributed by atoms with Gasteiger partial charge in [-0.2, -0.15) is 4.31 Å². The molecule has 5 heteroatoms. The van der Waals surface area contributed by atoms with E-state index < -0.39 is 15.9 Å². The van der Waals surface area contributed by atoms with Gasteiger partial charge in [0.2, 0.25) is 10.0 Å². The summed E-state index contributed by atoms with van der Waals surface area (Å²) < 4.78 is 39.4. The van der Waals surface area contributed by atoms with E-state index in [-0.39, 0.29) is 23.9 Å². The molecular formula is C16H22FNO2S. The van der Waals surface area contributed by atoms with Gasteiger partial charge in [0.05, 0.1) is 11.4 Å². The van der Waals surface area contributed by atoms with Crippen LogP contribution < -0.4 is 0 Å². The summed E-state index contributed by atoms with van der Waals surface area (Å²) in [6.07, 6.45) is 2.34. The molecule has 0 aromatic heterocycles. The smallest absolute Gasteiger partial charge is 0.211 e. The molecule has 1 unspecified atom stereocenters. The minimum absolute atomic E-state index is 0.161. The first-order chi connectivity index (χ1) is 9.77. The van der Waals surface area contributed by atoms with Crippen LogP contribution in [-0.2, 0) is 10.0 Å². The first kappa shape index (κ1) is 17.6. The summed E-state index contributed by atoms with van der Waals surface area (Å²) in [7, 11) is -3.72. The lowest BCUT2D eigenvalue weighted by Gasteiger charge is -2.22. The average Bonchev–Trinajstić information content (AvgIpc) is 2.43. The fourth-order valence-corrected chi connectivity index (χ4v) is 3.23. The highest BCUT2D eigenvalue weighted by Gasteiger charge is 2.25. The van der Waals surface area contributed by atoms with Crippen LogP contribution >= 0.6 is 0 Å². The van der Waals surface area contributed by atoms with Crippen molar-refractivity contribution >= 4 is 10.0 Å². The summed E-state index contributed by atoms with van der Waals surface area (Å²) in [6.45, 7) is 10.6. The van der Waals surface area contributed by atoms with Gasteiger partial charge in [0.1, 0.15) is 5.83 Å². The molecule has 3 nitrogen and oxygen atoms in total. The largest absolute Gasteiger partial charge is 0.243 e. The molecule has 0 heterocycles. The minimum Gasteiger partial charge on any atom is -0.211 e. The van der Waals surface area contributed by atoms with Crippen molar-refractivity contribution < 1.29 is 12.8 Å². The first-order valence-electron chi connectivity index (χ1n) is 6.80. The Bertz CT molecular complexity index is 593. The van der Waals surface area contributed by atoms with E-state index in [9.17, 15) is 12.8 Å². The SMILES string of the molecule is C=CC(C)CCN(CC(=C)F)S(=O)(=O)c1ccc(C)cc1. The number of aryl methyl sites for hydroxylation is 1. The molecule has 116 valence electrons. The van der Waals surface area contributed by atoms with Gasteiger partial charge in [-0.1, -0.05) is 37.3 Å². The number of hydrogen-bond donors (Lipinski definition) is 0. The summed E-state index contributed by atoms with van der Waals surface area (Å²) in [4.78, 5) is 0.167. The van der Waals surface area contributed by atoms with Crippen LogP contribution in [0.3, 0.4) is 0 Å². The van der Waals surface area contributed by atoms with Gasteiger partial charge in [0.15, 0.2) is 0 Å². The number of benzene rings is 1. The molecule has 0 aliphatic rings. The lowest BCUT2D eigenvalue weighted by molar-refractivity contribution is 0.385. The monoisotopic (exact) mass is 311 g/mol. The van der Waals surface area contributed by atoms with E-state index in [1.54, 1.807) is 18.2 Å². The Kier molecular flexibility index (Phi) is 6.30. The van der Waals surface area contributed by atoms with Crippen molar-refractivity contribution in [3.05, 3.63) is 54.9 Å². The number of hydrogen-bond acceptors (Lipinski definition) is 2. The van der Waals surface area contributed by atoms with Crippen LogP contribution in [0.2, 0.25) is 0 Å². The van der Waals surface area contributed by atoms with Crippen molar-refractivity contribution in [1.82, 2.24) is 4.31 Å². The van der Waals surface area contributed by atoms with E-state index >= 15 is 0 Å². The van der Waals surface area contributed by atoms with Crippen LogP contribution in [0.15, 0.2) is 54.2 Å². The third-order valence-electron chi connectivity index (χ3n) is 3.24. The topological polar surface area (TPSA) is 37.4 Å². The van der Waals surface area contributed by atoms with E-state index in [1.165, 1.54) is 12.1 Å². The molecule has 0 N–H and O–H groups in total. The van der Waals surface area contributed by atoms with Crippen LogP contribution in [0, 0.1) is 12.8 Å². The molecule has 0 amide bonds. The molecule has 1 aromatic carbocycles. The number of nitrogens with zero attached hydrogens (tertiary/aromatic N) is 1. The molecule has 0 aliphatic carbocycles. The van der Waals surface area contributed by atoms with Gasteiger partial charge in [-0.15, -0.1) is 6.58 Å². The third-order valence-corrected chi connectivity index (χ3v) is 5.10. The lowest BCUT2D eigenvalue weighted by Crippen LogP contribution is -2.33. The first-order valence-corrected chi connectivity index (χ1v) is 8.24. The Morgan fingerprint density at radius 3 is 2.43 bits per heavy atom. The molecule has 0 saturated carbocycles. The Morgan fingerprint density at radius 2 is 1.95 bits per heavy atom. The van der Waals surface area contributed by atoms with E-state index in [0.29, 0.717) is 6.42 Å². The zero-order valence-electron chi connectivity index (χ0n) is 12.5. The zero-order valence-corrected chi connectivity index (χ0v) is 13.4. The fraction of sp³-hybridized carbons (Fsp3) is 0.375. The highest BCUT2D eigenvalue weighted by molar-refractivity contribution is 7.89. The number of rotatable bonds is 8. The van der Waals surface area contributed by atoms with Crippen LogP contribution in [0.4, 0.5) is 4.39 Å². The van der Waals surface area contributed by atoms with Crippen molar-refractivity contribution in [3.63, 3.8) is 0 Å². The van der Waals surface area contributed by atoms with Crippen LogP contribution in [0.1, 0.15) is 18.9 Å². The summed E-state index contributed by atoms with van der Waals surface area (Å²) in [5.74, 6) is -0.509. The summed E-state index contributed by atoms with van der Waals surface area (Å²) in [5.41, 5.74) is 0.968. The second kappa shape index (κ2) is 7.52. The summed E-state index contributed by atoms with van der Waals surface area (Å²) in [5, 5.41) is 0. The van der Waals surface area contributed by atoms with Crippen molar-refractivity contribution in [2.24, 2.45) is 5.92 Å². The fourth-order valence-electron chi connectivity index (χ4n) is 1.80. The predicted octanol–water partition coefficient (Wildman–Crippen LogP) is 3.68. The molecule has 0 fully saturated rings. The second-order valence-electron chi connectivity index (χ2n) is 5.17. The van der Waals surface area contributed by atoms with E-state index in [4.69, 9.17) is 0 Å². The molecule has 0 radical (unpaired) electrons. The normalized spacial score (nSPS) is 13.1. The van der Waals surface area contributed by atoms with Gasteiger partial charge < -0.3 is 0 Å². The lowest BCUT2D eigenvalue weighted by atomic mass is 10.1. The second-order valence-corrected chi connectivity index (χ2v) is 7.11. The molecule has 21 heavy (non-hydrogen) atoms. The van der Waals surface area contributed by atoms with Gasteiger partial charge in [0.25, 0.3) is 0 Å². The van der Waals surface area contributed by atoms with E-state index in [1.807, 2.05) is 13.8 Å². The van der Waals surface area contributed by atoms with Crippen molar-refractivity contribution in [1.29, 1.82) is 0 Å². The van der Waals surface area contributed by atoms with Crippen LogP contribution in [-0.4, -0.2) is 25.8 Å². The van der Waals surface area contributed by atoms with Gasteiger partial charge in [-0.05, 0) is 31.4 Å². The van der Waals surface area contributed by atoms with Crippen LogP contribution in [0.25, 0.3) is 0 Å². The van der Waals surface area contributed by atoms with Crippen LogP contribution in [0.5, 0.6) is 0 Å². The highest BCUT2D eigenvalue weighted by Crippen LogP contribution is 2.19. The maximum atomic E-state index is 13.1. The van der Waals surface area contributed by atoms with E-state index in [2.05, 4.69) is 13.2 Å². The third kappa shape index (κ3) is 5.10. The molecule has 0 saturated heterocycles. The van der Waals surface area contributed by atoms with Gasteiger partial charge in [0, 0.05) is 6.54 Å². The molecule has 0 bridgehead atoms. The Balaban J connectivity index is 3.02. The summed E-state index contributed by atoms with van der Waals surface area (Å²) >= 11 is 0. The van der Waals surface area contributed by atoms with Gasteiger partial charge in [-0.25, -0.2) is 12.8 Å². The quantitative estimate of drug-likeness (QED) is 0.687. The molecular weight excluding hydrogens is 289 g/mol. The van der Waals surface area contributed by atoms with E-state index in [0.717, 1.165) is 9.87 Å². The minimum atomic E-state index is -3.72. The number of sulfonamides is 1.